The van der Waals surface area contributed by atoms with Gasteiger partial charge in [0, 0.05) is 24.7 Å². The van der Waals surface area contributed by atoms with E-state index in [0.29, 0.717) is 43.1 Å². The summed E-state index contributed by atoms with van der Waals surface area (Å²) in [6, 6.07) is 9.51. The monoisotopic (exact) mass is 406 g/mol. The number of rotatable bonds is 3. The summed E-state index contributed by atoms with van der Waals surface area (Å²) >= 11 is 0. The summed E-state index contributed by atoms with van der Waals surface area (Å²) in [4.78, 5) is 22.6. The molecule has 1 aromatic carbocycles. The molecule has 0 atom stereocenters. The van der Waals surface area contributed by atoms with Crippen molar-refractivity contribution in [2.75, 3.05) is 13.1 Å². The number of ether oxygens (including phenoxy) is 1. The molecule has 1 aliphatic heterocycles. The molecule has 6 nitrogen and oxygen atoms in total. The molecule has 154 valence electrons. The van der Waals surface area contributed by atoms with E-state index in [1.807, 2.05) is 6.92 Å². The normalized spacial score (nSPS) is 14.9. The molecule has 1 N–H and O–H groups in total. The Morgan fingerprint density at radius 2 is 1.97 bits per heavy atom. The van der Waals surface area contributed by atoms with Crippen LogP contribution < -0.4 is 4.74 Å². The third kappa shape index (κ3) is 4.90. The van der Waals surface area contributed by atoms with Gasteiger partial charge in [-0.25, -0.2) is 14.2 Å². The van der Waals surface area contributed by atoms with Gasteiger partial charge in [0.25, 0.3) is 0 Å². The topological polar surface area (TPSA) is 78.6 Å². The Labute approximate surface area is 175 Å². The van der Waals surface area contributed by atoms with Crippen LogP contribution in [0.5, 0.6) is 5.75 Å². The number of hydrogen-bond acceptors (Lipinski definition) is 4. The molecule has 7 heteroatoms. The molecular formula is C23H23FN4O2. The number of halogens is 1. The standard InChI is InChI=1S/C23H23FN4O2/c1-4-20(27-22(25)18-7-5-6-8-19(18)24)17-11-13-28(14-12-17)23(29)30-21-10-9-15(2)26-16(21)3/h1,5-10,17,25H,11-14H2,2-3H3/b25-22?,27-20+. The average Bonchev–Trinajstić information content (AvgIpc) is 2.74. The second-order valence-corrected chi connectivity index (χ2v) is 7.14. The van der Waals surface area contributed by atoms with Crippen LogP contribution in [0.4, 0.5) is 9.18 Å². The lowest BCUT2D eigenvalue weighted by Gasteiger charge is -2.30. The van der Waals surface area contributed by atoms with Gasteiger partial charge < -0.3 is 9.64 Å². The van der Waals surface area contributed by atoms with Crippen molar-refractivity contribution in [2.24, 2.45) is 10.9 Å². The van der Waals surface area contributed by atoms with Gasteiger partial charge in [0.1, 0.15) is 5.82 Å². The molecule has 0 spiro atoms. The van der Waals surface area contributed by atoms with Gasteiger partial charge in [-0.3, -0.25) is 10.4 Å². The van der Waals surface area contributed by atoms with Crippen LogP contribution in [-0.4, -0.2) is 40.6 Å². The fraction of sp³-hybridized carbons (Fsp3) is 0.304. The smallest absolute Gasteiger partial charge is 0.408 e. The molecule has 1 aliphatic rings. The van der Waals surface area contributed by atoms with E-state index in [2.05, 4.69) is 15.9 Å². The van der Waals surface area contributed by atoms with Crippen molar-refractivity contribution in [2.45, 2.75) is 26.7 Å². The largest absolute Gasteiger partial charge is 0.415 e. The zero-order chi connectivity index (χ0) is 21.7. The zero-order valence-electron chi connectivity index (χ0n) is 17.0. The van der Waals surface area contributed by atoms with Crippen LogP contribution >= 0.6 is 0 Å². The van der Waals surface area contributed by atoms with E-state index in [1.165, 1.54) is 12.1 Å². The summed E-state index contributed by atoms with van der Waals surface area (Å²) < 4.78 is 19.4. The van der Waals surface area contributed by atoms with Gasteiger partial charge in [0.2, 0.25) is 0 Å². The number of aryl methyl sites for hydroxylation is 2. The van der Waals surface area contributed by atoms with Crippen molar-refractivity contribution in [3.8, 4) is 18.1 Å². The number of likely N-dealkylation sites (tertiary alicyclic amines) is 1. The lowest BCUT2D eigenvalue weighted by Crippen LogP contribution is -2.41. The van der Waals surface area contributed by atoms with E-state index in [-0.39, 0.29) is 17.3 Å². The first-order valence-corrected chi connectivity index (χ1v) is 9.68. The Morgan fingerprint density at radius 3 is 2.60 bits per heavy atom. The summed E-state index contributed by atoms with van der Waals surface area (Å²) in [5.74, 6) is 2.18. The molecule has 2 aromatic rings. The predicted octanol–water partition coefficient (Wildman–Crippen LogP) is 4.15. The molecule has 1 fully saturated rings. The molecule has 1 aromatic heterocycles. The van der Waals surface area contributed by atoms with Crippen molar-refractivity contribution in [3.05, 3.63) is 59.2 Å². The number of carbonyl (C=O) groups excluding carboxylic acids is 1. The SMILES string of the molecule is C#C/C(=N\C(=N)c1ccccc1F)C1CCN(C(=O)Oc2ccc(C)nc2C)CC1. The Hall–Kier alpha value is -3.53. The molecule has 0 aliphatic carbocycles. The van der Waals surface area contributed by atoms with E-state index >= 15 is 0 Å². The summed E-state index contributed by atoms with van der Waals surface area (Å²) in [7, 11) is 0. The lowest BCUT2D eigenvalue weighted by atomic mass is 9.92. The number of benzene rings is 1. The number of piperidine rings is 1. The highest BCUT2D eigenvalue weighted by Gasteiger charge is 2.27. The van der Waals surface area contributed by atoms with E-state index in [9.17, 15) is 9.18 Å². The molecule has 1 saturated heterocycles. The van der Waals surface area contributed by atoms with E-state index < -0.39 is 11.9 Å². The second-order valence-electron chi connectivity index (χ2n) is 7.14. The van der Waals surface area contributed by atoms with E-state index in [1.54, 1.807) is 36.1 Å². The maximum absolute atomic E-state index is 13.9. The predicted molar refractivity (Wildman–Crippen MR) is 114 cm³/mol. The highest BCUT2D eigenvalue weighted by molar-refractivity contribution is 6.12. The van der Waals surface area contributed by atoms with Gasteiger partial charge in [-0.15, -0.1) is 6.42 Å². The highest BCUT2D eigenvalue weighted by Crippen LogP contribution is 2.22. The summed E-state index contributed by atoms with van der Waals surface area (Å²) in [5, 5.41) is 8.08. The minimum Gasteiger partial charge on any atom is -0.408 e. The maximum Gasteiger partial charge on any atom is 0.415 e. The lowest BCUT2D eigenvalue weighted by molar-refractivity contribution is 0.137. The molecule has 2 heterocycles. The third-order valence-electron chi connectivity index (χ3n) is 5.02. The van der Waals surface area contributed by atoms with Gasteiger partial charge >= 0.3 is 6.09 Å². The quantitative estimate of drug-likeness (QED) is 0.473. The molecule has 30 heavy (non-hydrogen) atoms. The van der Waals surface area contributed by atoms with Crippen LogP contribution in [0.2, 0.25) is 0 Å². The van der Waals surface area contributed by atoms with Crippen molar-refractivity contribution >= 4 is 17.6 Å². The molecular weight excluding hydrogens is 383 g/mol. The fourth-order valence-corrected chi connectivity index (χ4v) is 3.35. The Morgan fingerprint density at radius 1 is 1.27 bits per heavy atom. The van der Waals surface area contributed by atoms with Crippen molar-refractivity contribution in [1.29, 1.82) is 5.41 Å². The fourth-order valence-electron chi connectivity index (χ4n) is 3.35. The number of terminal acetylenes is 1. The molecule has 3 rings (SSSR count). The number of aliphatic imine (C=N–C) groups is 1. The van der Waals surface area contributed by atoms with Crippen LogP contribution in [-0.2, 0) is 0 Å². The number of hydrogen-bond donors (Lipinski definition) is 1. The first-order valence-electron chi connectivity index (χ1n) is 9.68. The van der Waals surface area contributed by atoms with Crippen molar-refractivity contribution in [1.82, 2.24) is 9.88 Å². The second kappa shape index (κ2) is 9.31. The zero-order valence-corrected chi connectivity index (χ0v) is 17.0. The molecule has 0 unspecified atom stereocenters. The number of pyridine rings is 1. The van der Waals surface area contributed by atoms with E-state index in [4.69, 9.17) is 16.6 Å². The summed E-state index contributed by atoms with van der Waals surface area (Å²) in [6.07, 6.45) is 6.36. The highest BCUT2D eigenvalue weighted by atomic mass is 19.1. The number of nitrogens with one attached hydrogen (secondary N) is 1. The van der Waals surface area contributed by atoms with Gasteiger partial charge in [-0.2, -0.15) is 0 Å². The molecule has 0 radical (unpaired) electrons. The van der Waals surface area contributed by atoms with Crippen LogP contribution in [0.1, 0.15) is 29.8 Å². The van der Waals surface area contributed by atoms with Crippen molar-refractivity contribution in [3.63, 3.8) is 0 Å². The van der Waals surface area contributed by atoms with Gasteiger partial charge in [-0.05, 0) is 51.0 Å². The Bertz CT molecular complexity index is 1030. The number of carbonyl (C=O) groups is 1. The van der Waals surface area contributed by atoms with Crippen LogP contribution in [0.25, 0.3) is 0 Å². The average molecular weight is 406 g/mol. The van der Waals surface area contributed by atoms with Gasteiger partial charge in [-0.1, -0.05) is 18.1 Å². The molecule has 0 saturated carbocycles. The summed E-state index contributed by atoms with van der Waals surface area (Å²) in [5.41, 5.74) is 2.02. The first kappa shape index (κ1) is 21.2. The minimum absolute atomic E-state index is 0.0750. The van der Waals surface area contributed by atoms with Crippen LogP contribution in [0, 0.1) is 43.3 Å². The van der Waals surface area contributed by atoms with Crippen LogP contribution in [0.15, 0.2) is 41.4 Å². The first-order chi connectivity index (χ1) is 14.4. The molecule has 1 amide bonds. The van der Waals surface area contributed by atoms with E-state index in [0.717, 1.165) is 5.69 Å². The van der Waals surface area contributed by atoms with Crippen LogP contribution in [0.3, 0.4) is 0 Å². The Balaban J connectivity index is 1.62. The molecule has 0 bridgehead atoms. The number of amidine groups is 1. The number of aromatic nitrogens is 1. The maximum atomic E-state index is 13.9. The van der Waals surface area contributed by atoms with Gasteiger partial charge in [0.15, 0.2) is 11.6 Å². The minimum atomic E-state index is -0.513. The van der Waals surface area contributed by atoms with Crippen molar-refractivity contribution < 1.29 is 13.9 Å². The number of amides is 1. The third-order valence-corrected chi connectivity index (χ3v) is 5.02. The number of nitrogens with zero attached hydrogens (tertiary/aromatic N) is 3. The van der Waals surface area contributed by atoms with Gasteiger partial charge in [0.05, 0.1) is 17.0 Å². The summed E-state index contributed by atoms with van der Waals surface area (Å²) in [6.45, 7) is 4.58. The Kier molecular flexibility index (Phi) is 6.58.